The molecule has 1 aromatic heterocycles. The third-order valence-corrected chi connectivity index (χ3v) is 2.44. The number of hydrogen-bond acceptors (Lipinski definition) is 5. The Kier molecular flexibility index (Phi) is 5.42. The van der Waals surface area contributed by atoms with Gasteiger partial charge in [-0.3, -0.25) is 0 Å². The highest BCUT2D eigenvalue weighted by molar-refractivity contribution is 5.92. The largest absolute Gasteiger partial charge is 0.477 e. The van der Waals surface area contributed by atoms with Crippen LogP contribution in [0.25, 0.3) is 0 Å². The van der Waals surface area contributed by atoms with Crippen LogP contribution in [0.4, 0.5) is 5.69 Å². The minimum absolute atomic E-state index is 0.266. The molecule has 0 atom stereocenters. The van der Waals surface area contributed by atoms with Crippen LogP contribution < -0.4 is 10.5 Å². The lowest BCUT2D eigenvalue weighted by Gasteiger charge is -2.10. The van der Waals surface area contributed by atoms with Crippen molar-refractivity contribution in [1.82, 2.24) is 4.98 Å². The molecule has 0 spiro atoms. The van der Waals surface area contributed by atoms with Crippen molar-refractivity contribution in [2.24, 2.45) is 5.92 Å². The minimum Gasteiger partial charge on any atom is -0.477 e. The fourth-order valence-electron chi connectivity index (χ4n) is 1.50. The van der Waals surface area contributed by atoms with Gasteiger partial charge in [-0.2, -0.15) is 0 Å². The first-order valence-electron chi connectivity index (χ1n) is 6.01. The van der Waals surface area contributed by atoms with Crippen LogP contribution >= 0.6 is 0 Å². The average Bonchev–Trinajstić information content (AvgIpc) is 2.34. The Balaban J connectivity index is 2.66. The molecule has 0 fully saturated rings. The van der Waals surface area contributed by atoms with Gasteiger partial charge in [-0.15, -0.1) is 0 Å². The molecule has 0 aliphatic rings. The molecule has 1 heterocycles. The fourth-order valence-corrected chi connectivity index (χ4v) is 1.50. The summed E-state index contributed by atoms with van der Waals surface area (Å²) < 4.78 is 10.2. The Morgan fingerprint density at radius 3 is 2.83 bits per heavy atom. The van der Waals surface area contributed by atoms with Gasteiger partial charge in [-0.25, -0.2) is 9.78 Å². The number of pyridine rings is 1. The monoisotopic (exact) mass is 252 g/mol. The van der Waals surface area contributed by atoms with E-state index >= 15 is 0 Å². The van der Waals surface area contributed by atoms with Gasteiger partial charge in [-0.05, 0) is 24.8 Å². The maximum Gasteiger partial charge on any atom is 0.343 e. The Hall–Kier alpha value is -1.78. The van der Waals surface area contributed by atoms with E-state index in [-0.39, 0.29) is 11.4 Å². The van der Waals surface area contributed by atoms with Crippen LogP contribution in [-0.2, 0) is 4.74 Å². The van der Waals surface area contributed by atoms with Crippen LogP contribution in [0.2, 0.25) is 0 Å². The quantitative estimate of drug-likeness (QED) is 0.621. The lowest BCUT2D eigenvalue weighted by Crippen LogP contribution is -2.09. The van der Waals surface area contributed by atoms with Crippen LogP contribution in [0.3, 0.4) is 0 Å². The lowest BCUT2D eigenvalue weighted by molar-refractivity contribution is 0.0595. The Labute approximate surface area is 107 Å². The summed E-state index contributed by atoms with van der Waals surface area (Å²) in [5.41, 5.74) is 6.26. The second-order valence-electron chi connectivity index (χ2n) is 4.50. The van der Waals surface area contributed by atoms with Gasteiger partial charge in [0.25, 0.3) is 0 Å². The molecule has 2 N–H and O–H groups in total. The molecular formula is C13H20N2O3. The predicted octanol–water partition coefficient (Wildman–Crippen LogP) is 2.27. The molecule has 1 aromatic rings. The van der Waals surface area contributed by atoms with Gasteiger partial charge < -0.3 is 15.2 Å². The molecule has 18 heavy (non-hydrogen) atoms. The van der Waals surface area contributed by atoms with Crippen LogP contribution in [0.5, 0.6) is 5.88 Å². The number of aromatic nitrogens is 1. The predicted molar refractivity (Wildman–Crippen MR) is 69.6 cm³/mol. The summed E-state index contributed by atoms with van der Waals surface area (Å²) in [7, 11) is 1.31. The number of nitrogens with two attached hydrogens (primary N) is 1. The molecule has 0 aliphatic carbocycles. The second kappa shape index (κ2) is 6.83. The first-order chi connectivity index (χ1) is 8.54. The van der Waals surface area contributed by atoms with Gasteiger partial charge >= 0.3 is 5.97 Å². The summed E-state index contributed by atoms with van der Waals surface area (Å²) in [4.78, 5) is 15.5. The maximum atomic E-state index is 11.5. The molecule has 0 saturated carbocycles. The summed E-state index contributed by atoms with van der Waals surface area (Å²) in [5.74, 6) is 0.418. The van der Waals surface area contributed by atoms with Gasteiger partial charge in [0.2, 0.25) is 5.88 Å². The van der Waals surface area contributed by atoms with Crippen molar-refractivity contribution in [3.05, 3.63) is 17.8 Å². The number of anilines is 1. The van der Waals surface area contributed by atoms with Gasteiger partial charge in [0.05, 0.1) is 25.6 Å². The Morgan fingerprint density at radius 2 is 2.22 bits per heavy atom. The van der Waals surface area contributed by atoms with Crippen LogP contribution in [-0.4, -0.2) is 24.7 Å². The van der Waals surface area contributed by atoms with E-state index in [4.69, 9.17) is 10.5 Å². The van der Waals surface area contributed by atoms with E-state index in [0.29, 0.717) is 18.2 Å². The van der Waals surface area contributed by atoms with Crippen LogP contribution in [0.15, 0.2) is 12.3 Å². The third-order valence-electron chi connectivity index (χ3n) is 2.44. The number of nitrogens with zero attached hydrogens (tertiary/aromatic N) is 1. The van der Waals surface area contributed by atoms with E-state index in [1.54, 1.807) is 0 Å². The van der Waals surface area contributed by atoms with E-state index < -0.39 is 5.97 Å². The van der Waals surface area contributed by atoms with Gasteiger partial charge in [0.15, 0.2) is 0 Å². The average molecular weight is 252 g/mol. The zero-order chi connectivity index (χ0) is 13.5. The Bertz CT molecular complexity index is 405. The topological polar surface area (TPSA) is 74.4 Å². The summed E-state index contributed by atoms with van der Waals surface area (Å²) in [5, 5.41) is 0. The van der Waals surface area contributed by atoms with E-state index in [0.717, 1.165) is 12.8 Å². The van der Waals surface area contributed by atoms with Crippen molar-refractivity contribution in [1.29, 1.82) is 0 Å². The lowest BCUT2D eigenvalue weighted by atomic mass is 10.1. The van der Waals surface area contributed by atoms with Crippen molar-refractivity contribution in [2.45, 2.75) is 26.7 Å². The summed E-state index contributed by atoms with van der Waals surface area (Å²) in [6.07, 6.45) is 3.46. The number of rotatable bonds is 6. The number of nitrogen functional groups attached to an aromatic ring is 1. The number of hydrogen-bond donors (Lipinski definition) is 1. The Morgan fingerprint density at radius 1 is 1.50 bits per heavy atom. The molecule has 0 unspecified atom stereocenters. The summed E-state index contributed by atoms with van der Waals surface area (Å²) in [6.45, 7) is 4.84. The van der Waals surface area contributed by atoms with Gasteiger partial charge in [0.1, 0.15) is 5.56 Å². The molecule has 5 nitrogen and oxygen atoms in total. The minimum atomic E-state index is -0.492. The smallest absolute Gasteiger partial charge is 0.343 e. The molecule has 5 heteroatoms. The molecule has 1 rings (SSSR count). The van der Waals surface area contributed by atoms with Crippen molar-refractivity contribution in [3.63, 3.8) is 0 Å². The van der Waals surface area contributed by atoms with E-state index in [9.17, 15) is 4.79 Å². The number of carbonyl (C=O) groups excluding carboxylic acids is 1. The number of ether oxygens (including phenoxy) is 2. The van der Waals surface area contributed by atoms with Crippen LogP contribution in [0, 0.1) is 5.92 Å². The third kappa shape index (κ3) is 4.24. The normalized spacial score (nSPS) is 10.4. The highest BCUT2D eigenvalue weighted by Gasteiger charge is 2.15. The first-order valence-corrected chi connectivity index (χ1v) is 6.01. The molecule has 0 saturated heterocycles. The second-order valence-corrected chi connectivity index (χ2v) is 4.50. The van der Waals surface area contributed by atoms with Crippen molar-refractivity contribution >= 4 is 11.7 Å². The molecular weight excluding hydrogens is 232 g/mol. The number of esters is 1. The first kappa shape index (κ1) is 14.3. The van der Waals surface area contributed by atoms with Crippen molar-refractivity contribution < 1.29 is 14.3 Å². The SMILES string of the molecule is COC(=O)c1cc(N)cnc1OCCCC(C)C. The zero-order valence-electron chi connectivity index (χ0n) is 11.1. The number of carbonyl (C=O) groups is 1. The summed E-state index contributed by atoms with van der Waals surface area (Å²) in [6, 6.07) is 1.51. The molecule has 100 valence electrons. The highest BCUT2D eigenvalue weighted by Crippen LogP contribution is 2.19. The molecule has 0 bridgehead atoms. The fraction of sp³-hybridized carbons (Fsp3) is 0.538. The molecule has 0 aliphatic heterocycles. The molecule has 0 radical (unpaired) electrons. The zero-order valence-corrected chi connectivity index (χ0v) is 11.1. The van der Waals surface area contributed by atoms with Crippen molar-refractivity contribution in [2.75, 3.05) is 19.5 Å². The summed E-state index contributed by atoms with van der Waals surface area (Å²) >= 11 is 0. The highest BCUT2D eigenvalue weighted by atomic mass is 16.5. The van der Waals surface area contributed by atoms with Crippen LogP contribution in [0.1, 0.15) is 37.0 Å². The van der Waals surface area contributed by atoms with Gasteiger partial charge in [-0.1, -0.05) is 13.8 Å². The number of methoxy groups -OCH3 is 1. The maximum absolute atomic E-state index is 11.5. The molecule has 0 aromatic carbocycles. The van der Waals surface area contributed by atoms with Crippen molar-refractivity contribution in [3.8, 4) is 5.88 Å². The molecule has 0 amide bonds. The van der Waals surface area contributed by atoms with Gasteiger partial charge in [0, 0.05) is 0 Å². The standard InChI is InChI=1S/C13H20N2O3/c1-9(2)5-4-6-18-12-11(13(16)17-3)7-10(14)8-15-12/h7-9H,4-6,14H2,1-3H3. The van der Waals surface area contributed by atoms with E-state index in [1.165, 1.54) is 19.4 Å². The van der Waals surface area contributed by atoms with E-state index in [1.807, 2.05) is 0 Å². The van der Waals surface area contributed by atoms with E-state index in [2.05, 4.69) is 23.6 Å².